The van der Waals surface area contributed by atoms with Gasteiger partial charge >= 0.3 is 0 Å². The summed E-state index contributed by atoms with van der Waals surface area (Å²) >= 11 is 1.78. The Morgan fingerprint density at radius 3 is 2.43 bits per heavy atom. The van der Waals surface area contributed by atoms with E-state index < -0.39 is 24.0 Å². The minimum absolute atomic E-state index is 0.0683. The van der Waals surface area contributed by atoms with E-state index in [9.17, 15) is 14.7 Å². The Kier molecular flexibility index (Phi) is 9.00. The first-order valence-corrected chi connectivity index (χ1v) is 13.2. The lowest BCUT2D eigenvalue weighted by Gasteiger charge is -2.34. The summed E-state index contributed by atoms with van der Waals surface area (Å²) in [7, 11) is 0. The molecule has 2 fully saturated rings. The maximum Gasteiger partial charge on any atom is 0.259 e. The minimum Gasteiger partial charge on any atom is -0.409 e. The predicted octanol–water partition coefficient (Wildman–Crippen LogP) is 0.908. The van der Waals surface area contributed by atoms with Crippen LogP contribution in [-0.2, 0) is 20.9 Å². The Balaban J connectivity index is 1.34. The van der Waals surface area contributed by atoms with Gasteiger partial charge in [0.2, 0.25) is 0 Å². The van der Waals surface area contributed by atoms with Gasteiger partial charge in [0, 0.05) is 56.2 Å². The molecule has 0 spiro atoms. The molecule has 5 N–H and O–H groups in total. The van der Waals surface area contributed by atoms with Crippen LogP contribution in [0.25, 0.3) is 0 Å². The molecule has 2 aliphatic rings. The number of nitrogens with two attached hydrogens (primary N) is 1. The summed E-state index contributed by atoms with van der Waals surface area (Å²) in [4.78, 5) is 29.7. The van der Waals surface area contributed by atoms with Crippen molar-refractivity contribution >= 4 is 41.0 Å². The Morgan fingerprint density at radius 2 is 1.81 bits per heavy atom. The van der Waals surface area contributed by atoms with Gasteiger partial charge < -0.3 is 31.0 Å². The molecule has 2 unspecified atom stereocenters. The number of hydrogen-bond acceptors (Lipinski definition) is 9. The van der Waals surface area contributed by atoms with Crippen molar-refractivity contribution in [2.75, 3.05) is 55.8 Å². The summed E-state index contributed by atoms with van der Waals surface area (Å²) in [5.41, 5.74) is 8.24. The van der Waals surface area contributed by atoms with Crippen LogP contribution in [0, 0.1) is 0 Å². The molecule has 2 aromatic rings. The Labute approximate surface area is 220 Å². The molecule has 198 valence electrons. The number of benzene rings is 2. The van der Waals surface area contributed by atoms with Gasteiger partial charge in [-0.05, 0) is 48.2 Å². The molecule has 12 heteroatoms. The molecule has 2 atom stereocenters. The molecule has 0 radical (unpaired) electrons. The summed E-state index contributed by atoms with van der Waals surface area (Å²) in [6.07, 6.45) is -0.917. The van der Waals surface area contributed by atoms with E-state index in [-0.39, 0.29) is 12.4 Å². The number of carbonyl (C=O) groups excluding carboxylic acids is 2. The highest BCUT2D eigenvalue weighted by Gasteiger charge is 2.39. The highest BCUT2D eigenvalue weighted by atomic mass is 32.2. The topological polar surface area (TPSA) is 144 Å². The van der Waals surface area contributed by atoms with Crippen molar-refractivity contribution in [3.8, 4) is 0 Å². The maximum atomic E-state index is 13.1. The van der Waals surface area contributed by atoms with E-state index in [0.717, 1.165) is 38.3 Å². The average Bonchev–Trinajstić information content (AvgIpc) is 2.93. The van der Waals surface area contributed by atoms with Crippen LogP contribution in [-0.4, -0.2) is 95.0 Å². The second kappa shape index (κ2) is 12.4. The number of morpholine rings is 1. The highest BCUT2D eigenvalue weighted by Crippen LogP contribution is 2.23. The number of oxime groups is 1. The summed E-state index contributed by atoms with van der Waals surface area (Å²) in [5.74, 6) is -1.31. The molecule has 37 heavy (non-hydrogen) atoms. The Bertz CT molecular complexity index is 1110. The van der Waals surface area contributed by atoms with E-state index in [1.165, 1.54) is 17.0 Å². The van der Waals surface area contributed by atoms with Gasteiger partial charge in [-0.3, -0.25) is 14.5 Å². The van der Waals surface area contributed by atoms with Gasteiger partial charge in [-0.15, -0.1) is 0 Å². The first-order valence-electron chi connectivity index (χ1n) is 12.0. The molecule has 0 saturated carbocycles. The largest absolute Gasteiger partial charge is 0.409 e. The van der Waals surface area contributed by atoms with Crippen LogP contribution in [0.5, 0.6) is 0 Å². The van der Waals surface area contributed by atoms with Crippen molar-refractivity contribution in [3.05, 3.63) is 59.7 Å². The number of ether oxygens (including phenoxy) is 1. The van der Waals surface area contributed by atoms with Crippen LogP contribution >= 0.6 is 11.9 Å². The lowest BCUT2D eigenvalue weighted by Crippen LogP contribution is -2.55. The fourth-order valence-electron chi connectivity index (χ4n) is 4.33. The van der Waals surface area contributed by atoms with Gasteiger partial charge in [0.1, 0.15) is 0 Å². The van der Waals surface area contributed by atoms with E-state index in [2.05, 4.69) is 25.9 Å². The van der Waals surface area contributed by atoms with Gasteiger partial charge in [0.25, 0.3) is 11.8 Å². The smallest absolute Gasteiger partial charge is 0.259 e. The summed E-state index contributed by atoms with van der Waals surface area (Å²) < 4.78 is 7.85. The van der Waals surface area contributed by atoms with Crippen molar-refractivity contribution in [2.45, 2.75) is 18.8 Å². The molecule has 0 aliphatic carbocycles. The lowest BCUT2D eigenvalue weighted by atomic mass is 10.1. The van der Waals surface area contributed by atoms with E-state index in [4.69, 9.17) is 15.7 Å². The number of amides is 2. The molecule has 4 rings (SSSR count). The third kappa shape index (κ3) is 6.59. The molecule has 2 aliphatic heterocycles. The van der Waals surface area contributed by atoms with Crippen LogP contribution in [0.1, 0.15) is 11.1 Å². The number of aliphatic hydroxyl groups is 1. The first-order chi connectivity index (χ1) is 17.9. The number of anilines is 2. The summed E-state index contributed by atoms with van der Waals surface area (Å²) in [6.45, 7) is 5.48. The molecule has 0 aromatic heterocycles. The van der Waals surface area contributed by atoms with Crippen molar-refractivity contribution < 1.29 is 24.6 Å². The fourth-order valence-corrected chi connectivity index (χ4v) is 4.86. The number of nitrogens with one attached hydrogen (secondary N) is 1. The first kappa shape index (κ1) is 26.9. The van der Waals surface area contributed by atoms with E-state index in [0.29, 0.717) is 23.5 Å². The Hall–Kier alpha value is -3.16. The normalized spacial score (nSPS) is 20.6. The van der Waals surface area contributed by atoms with Crippen LogP contribution in [0.2, 0.25) is 0 Å². The number of nitrogens with zero attached hydrogens (tertiary/aromatic N) is 4. The van der Waals surface area contributed by atoms with Crippen molar-refractivity contribution in [3.63, 3.8) is 0 Å². The number of hydrogen-bond donors (Lipinski definition) is 4. The second-order valence-corrected chi connectivity index (χ2v) is 9.71. The van der Waals surface area contributed by atoms with Crippen LogP contribution < -0.4 is 16.0 Å². The number of aliphatic hydroxyl groups excluding tert-OH is 1. The molecular formula is C25H32N6O5S. The van der Waals surface area contributed by atoms with Crippen molar-refractivity contribution in [1.29, 1.82) is 0 Å². The zero-order valence-electron chi connectivity index (χ0n) is 20.6. The molecular weight excluding hydrogens is 496 g/mol. The number of piperazine rings is 1. The van der Waals surface area contributed by atoms with Gasteiger partial charge in [0.05, 0.1) is 6.61 Å². The molecule has 2 saturated heterocycles. The highest BCUT2D eigenvalue weighted by molar-refractivity contribution is 7.96. The molecule has 11 nitrogen and oxygen atoms in total. The van der Waals surface area contributed by atoms with E-state index in [1.54, 1.807) is 24.1 Å². The van der Waals surface area contributed by atoms with Gasteiger partial charge in [-0.2, -0.15) is 0 Å². The number of rotatable bonds is 8. The minimum atomic E-state index is -1.70. The third-order valence-electron chi connectivity index (χ3n) is 6.48. The number of amidine groups is 1. The standard InChI is InChI=1S/C25H32N6O5S/c1-37-30-12-10-29(11-13-30)16-17-2-8-20(9-3-17)31-14-15-36-22(25(31)34)21(32)24(33)27-19-6-4-18(5-7-19)23(26)28-35/h2-9,21-22,32,35H,10-16H2,1H3,(H2,26,28)(H,27,33). The Morgan fingerprint density at radius 1 is 1.14 bits per heavy atom. The second-order valence-electron chi connectivity index (χ2n) is 8.83. The summed E-state index contributed by atoms with van der Waals surface area (Å²) in [5, 5.41) is 24.8. The quantitative estimate of drug-likeness (QED) is 0.129. The van der Waals surface area contributed by atoms with E-state index >= 15 is 0 Å². The average molecular weight is 529 g/mol. The fraction of sp³-hybridized carbons (Fsp3) is 0.400. The molecule has 0 bridgehead atoms. The predicted molar refractivity (Wildman–Crippen MR) is 142 cm³/mol. The SMILES string of the molecule is CSN1CCN(Cc2ccc(N3CCOC(C(O)C(=O)Nc4ccc(C(N)=NO)cc4)C3=O)cc2)CC1. The van der Waals surface area contributed by atoms with Crippen molar-refractivity contribution in [1.82, 2.24) is 9.21 Å². The maximum absolute atomic E-state index is 13.1. The third-order valence-corrected chi connectivity index (χ3v) is 7.36. The molecule has 2 heterocycles. The molecule has 2 amide bonds. The lowest BCUT2D eigenvalue weighted by molar-refractivity contribution is -0.150. The zero-order valence-corrected chi connectivity index (χ0v) is 21.4. The van der Waals surface area contributed by atoms with Gasteiger partial charge in [-0.25, -0.2) is 4.31 Å². The monoisotopic (exact) mass is 528 g/mol. The van der Waals surface area contributed by atoms with E-state index in [1.807, 2.05) is 24.3 Å². The van der Waals surface area contributed by atoms with Crippen LogP contribution in [0.3, 0.4) is 0 Å². The van der Waals surface area contributed by atoms with Crippen molar-refractivity contribution in [2.24, 2.45) is 10.9 Å². The van der Waals surface area contributed by atoms with Crippen LogP contribution in [0.4, 0.5) is 11.4 Å². The number of carbonyl (C=O) groups is 2. The van der Waals surface area contributed by atoms with Gasteiger partial charge in [0.15, 0.2) is 18.0 Å². The zero-order chi connectivity index (χ0) is 26.4. The van der Waals surface area contributed by atoms with Gasteiger partial charge in [-0.1, -0.05) is 29.2 Å². The molecule has 2 aromatic carbocycles. The van der Waals surface area contributed by atoms with Crippen LogP contribution in [0.15, 0.2) is 53.7 Å². The summed E-state index contributed by atoms with van der Waals surface area (Å²) in [6, 6.07) is 14.0.